The van der Waals surface area contributed by atoms with Crippen molar-refractivity contribution in [1.29, 1.82) is 0 Å². The Labute approximate surface area is 233 Å². The number of hydrogen-bond donors (Lipinski definition) is 3. The molecule has 4 fully saturated rings. The Morgan fingerprint density at radius 1 is 1.00 bits per heavy atom. The zero-order valence-corrected chi connectivity index (χ0v) is 22.0. The average molecular weight is 572 g/mol. The first-order valence-corrected chi connectivity index (χ1v) is 13.6. The maximum atomic E-state index is 14.0. The van der Waals surface area contributed by atoms with Gasteiger partial charge in [-0.3, -0.25) is 4.79 Å². The summed E-state index contributed by atoms with van der Waals surface area (Å²) in [6.07, 6.45) is -0.721. The maximum Gasteiger partial charge on any atom is 0.416 e. The van der Waals surface area contributed by atoms with Gasteiger partial charge in [-0.25, -0.2) is 9.18 Å². The Kier molecular flexibility index (Phi) is 6.52. The number of carboxylic acids is 1. The summed E-state index contributed by atoms with van der Waals surface area (Å²) in [5.41, 5.74) is -2.08. The average Bonchev–Trinajstić information content (AvgIpc) is 2.88. The standard InChI is InChI=1S/C31H29F4NO5/c32-22-6-8-23-20(10-22)3-7-24(25(23)41-15-17-1-4-21(5-2-17)31(33,34)35)27(37)36-26(28(38)39)29-11-18-9-19(12-29)14-30(40,13-18)16-29/h1-8,10,18-19,26,40H,9,11-16H2,(H,36,37)(H,38,39). The first kappa shape index (κ1) is 27.5. The summed E-state index contributed by atoms with van der Waals surface area (Å²) >= 11 is 0. The van der Waals surface area contributed by atoms with Crippen molar-refractivity contribution in [2.24, 2.45) is 17.3 Å². The number of hydrogen-bond acceptors (Lipinski definition) is 4. The van der Waals surface area contributed by atoms with Gasteiger partial charge in [-0.1, -0.05) is 18.2 Å². The molecule has 3 aromatic rings. The number of rotatable bonds is 7. The fourth-order valence-electron chi connectivity index (χ4n) is 7.86. The number of alkyl halides is 3. The van der Waals surface area contributed by atoms with E-state index in [1.807, 2.05) is 0 Å². The summed E-state index contributed by atoms with van der Waals surface area (Å²) in [5, 5.41) is 25.0. The number of carbonyl (C=O) groups is 2. The highest BCUT2D eigenvalue weighted by Crippen LogP contribution is 2.62. The van der Waals surface area contributed by atoms with Crippen molar-refractivity contribution in [3.05, 3.63) is 77.1 Å². The Morgan fingerprint density at radius 2 is 1.68 bits per heavy atom. The second-order valence-electron chi connectivity index (χ2n) is 12.1. The molecule has 216 valence electrons. The molecule has 0 heterocycles. The molecule has 0 saturated heterocycles. The van der Waals surface area contributed by atoms with Crippen LogP contribution in [0.5, 0.6) is 5.75 Å². The monoisotopic (exact) mass is 571 g/mol. The summed E-state index contributed by atoms with van der Waals surface area (Å²) in [5.74, 6) is -1.91. The van der Waals surface area contributed by atoms with Crippen LogP contribution in [0.4, 0.5) is 17.6 Å². The predicted molar refractivity (Wildman–Crippen MR) is 141 cm³/mol. The molecule has 3 N–H and O–H groups in total. The quantitative estimate of drug-likeness (QED) is 0.298. The number of aliphatic carboxylic acids is 1. The number of halogens is 4. The minimum atomic E-state index is -4.49. The van der Waals surface area contributed by atoms with Crippen LogP contribution in [0.15, 0.2) is 54.6 Å². The largest absolute Gasteiger partial charge is 0.487 e. The van der Waals surface area contributed by atoms with Crippen LogP contribution in [0, 0.1) is 23.1 Å². The molecule has 0 spiro atoms. The van der Waals surface area contributed by atoms with Crippen LogP contribution in [0.3, 0.4) is 0 Å². The van der Waals surface area contributed by atoms with Gasteiger partial charge in [0, 0.05) is 10.8 Å². The number of nitrogens with one attached hydrogen (secondary N) is 1. The van der Waals surface area contributed by atoms with E-state index >= 15 is 0 Å². The third-order valence-corrected chi connectivity index (χ3v) is 9.05. The molecule has 0 aromatic heterocycles. The molecular formula is C31H29F4NO5. The number of amides is 1. The van der Waals surface area contributed by atoms with E-state index in [-0.39, 0.29) is 29.8 Å². The smallest absolute Gasteiger partial charge is 0.416 e. The lowest BCUT2D eigenvalue weighted by molar-refractivity contribution is -0.181. The van der Waals surface area contributed by atoms with Crippen LogP contribution < -0.4 is 10.1 Å². The van der Waals surface area contributed by atoms with Gasteiger partial charge < -0.3 is 20.3 Å². The molecule has 4 aliphatic carbocycles. The van der Waals surface area contributed by atoms with E-state index < -0.39 is 46.5 Å². The van der Waals surface area contributed by atoms with Gasteiger partial charge in [0.1, 0.15) is 24.2 Å². The molecule has 1 amide bonds. The van der Waals surface area contributed by atoms with E-state index in [1.54, 1.807) is 0 Å². The molecule has 3 unspecified atom stereocenters. The molecule has 4 bridgehead atoms. The zero-order chi connectivity index (χ0) is 29.2. The Hall–Kier alpha value is -3.66. The highest BCUT2D eigenvalue weighted by atomic mass is 19.4. The number of carbonyl (C=O) groups excluding carboxylic acids is 1. The molecule has 3 atom stereocenters. The zero-order valence-electron chi connectivity index (χ0n) is 22.0. The molecule has 10 heteroatoms. The van der Waals surface area contributed by atoms with Crippen molar-refractivity contribution in [1.82, 2.24) is 5.32 Å². The van der Waals surface area contributed by atoms with E-state index in [0.29, 0.717) is 48.4 Å². The van der Waals surface area contributed by atoms with E-state index in [1.165, 1.54) is 42.5 Å². The minimum Gasteiger partial charge on any atom is -0.487 e. The highest BCUT2D eigenvalue weighted by Gasteiger charge is 2.61. The minimum absolute atomic E-state index is 0.0192. The normalized spacial score (nSPS) is 27.5. The third-order valence-electron chi connectivity index (χ3n) is 9.05. The van der Waals surface area contributed by atoms with Crippen molar-refractivity contribution in [3.63, 3.8) is 0 Å². The summed E-state index contributed by atoms with van der Waals surface area (Å²) in [6.45, 7) is -0.183. The molecular weight excluding hydrogens is 542 g/mol. The highest BCUT2D eigenvalue weighted by molar-refractivity contribution is 6.05. The lowest BCUT2D eigenvalue weighted by Gasteiger charge is -2.61. The maximum absolute atomic E-state index is 14.0. The first-order chi connectivity index (χ1) is 19.3. The molecule has 0 aliphatic heterocycles. The number of ether oxygens (including phenoxy) is 1. The molecule has 7 rings (SSSR count). The van der Waals surface area contributed by atoms with Gasteiger partial charge in [0.25, 0.3) is 5.91 Å². The third kappa shape index (κ3) is 5.14. The van der Waals surface area contributed by atoms with Crippen LogP contribution in [-0.4, -0.2) is 33.7 Å². The molecule has 6 nitrogen and oxygen atoms in total. The lowest BCUT2D eigenvalue weighted by Crippen LogP contribution is -2.64. The van der Waals surface area contributed by atoms with Crippen LogP contribution in [0.25, 0.3) is 10.8 Å². The van der Waals surface area contributed by atoms with Crippen molar-refractivity contribution in [2.75, 3.05) is 0 Å². The van der Waals surface area contributed by atoms with Gasteiger partial charge in [0.2, 0.25) is 0 Å². The fourth-order valence-corrected chi connectivity index (χ4v) is 7.86. The summed E-state index contributed by atoms with van der Waals surface area (Å²) in [7, 11) is 0. The fraction of sp³-hybridized carbons (Fsp3) is 0.419. The van der Waals surface area contributed by atoms with E-state index in [2.05, 4.69) is 5.32 Å². The van der Waals surface area contributed by atoms with Crippen LogP contribution in [0.1, 0.15) is 60.0 Å². The molecule has 4 aliphatic rings. The van der Waals surface area contributed by atoms with Crippen LogP contribution in [0.2, 0.25) is 0 Å². The Balaban J connectivity index is 1.31. The van der Waals surface area contributed by atoms with E-state index in [9.17, 15) is 37.4 Å². The molecule has 4 saturated carbocycles. The SMILES string of the molecule is O=C(NC(C(=O)O)C12CC3CC(CC(O)(C3)C1)C2)c1ccc2cc(F)ccc2c1OCc1ccc(C(F)(F)F)cc1. The number of fused-ring (bicyclic) bond motifs is 1. The number of benzene rings is 3. The first-order valence-electron chi connectivity index (χ1n) is 13.6. The predicted octanol–water partition coefficient (Wildman–Crippen LogP) is 6.09. The topological polar surface area (TPSA) is 95.9 Å². The molecule has 3 aromatic carbocycles. The van der Waals surface area contributed by atoms with Crippen molar-refractivity contribution >= 4 is 22.6 Å². The number of carboxylic acid groups (broad SMARTS) is 1. The summed E-state index contributed by atoms with van der Waals surface area (Å²) in [6, 6.07) is 10.0. The van der Waals surface area contributed by atoms with Gasteiger partial charge in [-0.2, -0.15) is 13.2 Å². The summed E-state index contributed by atoms with van der Waals surface area (Å²) in [4.78, 5) is 26.3. The molecule has 0 radical (unpaired) electrons. The van der Waals surface area contributed by atoms with Gasteiger partial charge in [-0.15, -0.1) is 0 Å². The Morgan fingerprint density at radius 3 is 2.29 bits per heavy atom. The second kappa shape index (κ2) is 9.72. The van der Waals surface area contributed by atoms with Gasteiger partial charge in [-0.05, 0) is 97.7 Å². The molecule has 41 heavy (non-hydrogen) atoms. The second-order valence-corrected chi connectivity index (χ2v) is 12.1. The van der Waals surface area contributed by atoms with Gasteiger partial charge >= 0.3 is 12.1 Å². The van der Waals surface area contributed by atoms with E-state index in [4.69, 9.17) is 4.74 Å². The van der Waals surface area contributed by atoms with Crippen molar-refractivity contribution in [3.8, 4) is 5.75 Å². The van der Waals surface area contributed by atoms with Crippen molar-refractivity contribution < 1.29 is 42.1 Å². The van der Waals surface area contributed by atoms with Crippen LogP contribution in [-0.2, 0) is 17.6 Å². The lowest BCUT2D eigenvalue weighted by atomic mass is 9.46. The Bertz CT molecular complexity index is 1510. The van der Waals surface area contributed by atoms with Gasteiger partial charge in [0.05, 0.1) is 16.7 Å². The summed E-state index contributed by atoms with van der Waals surface area (Å²) < 4.78 is 58.9. The van der Waals surface area contributed by atoms with Crippen LogP contribution >= 0.6 is 0 Å². The van der Waals surface area contributed by atoms with Gasteiger partial charge in [0.15, 0.2) is 0 Å². The van der Waals surface area contributed by atoms with Crippen molar-refractivity contribution in [2.45, 2.75) is 63.0 Å². The van der Waals surface area contributed by atoms with E-state index in [0.717, 1.165) is 18.6 Å². The number of aliphatic hydroxyl groups is 1.